The van der Waals surface area contributed by atoms with Gasteiger partial charge in [0, 0.05) is 16.5 Å². The predicted molar refractivity (Wildman–Crippen MR) is 104 cm³/mol. The average molecular weight is 349 g/mol. The van der Waals surface area contributed by atoms with Crippen LogP contribution < -0.4 is 15.2 Å². The number of methoxy groups -OCH3 is 2. The van der Waals surface area contributed by atoms with Gasteiger partial charge in [-0.15, -0.1) is 0 Å². The first-order valence-corrected chi connectivity index (χ1v) is 8.69. The van der Waals surface area contributed by atoms with Crippen molar-refractivity contribution in [3.8, 4) is 28.8 Å². The van der Waals surface area contributed by atoms with Crippen LogP contribution in [0.3, 0.4) is 0 Å². The SMILES string of the molecule is COc1ccc(OC)c(-c2[nH]c3ccc(C#N)cc3c2CCCCN)c1. The Bertz CT molecular complexity index is 954. The molecular formula is C21H23N3O2. The van der Waals surface area contributed by atoms with Gasteiger partial charge in [0.2, 0.25) is 0 Å². The molecule has 0 bridgehead atoms. The molecular weight excluding hydrogens is 326 g/mol. The molecule has 134 valence electrons. The smallest absolute Gasteiger partial charge is 0.128 e. The van der Waals surface area contributed by atoms with Crippen LogP contribution in [0.5, 0.6) is 11.5 Å². The summed E-state index contributed by atoms with van der Waals surface area (Å²) in [6, 6.07) is 13.7. The quantitative estimate of drug-likeness (QED) is 0.631. The van der Waals surface area contributed by atoms with Gasteiger partial charge in [-0.3, -0.25) is 0 Å². The van der Waals surface area contributed by atoms with E-state index in [9.17, 15) is 5.26 Å². The Kier molecular flexibility index (Phi) is 5.45. The average Bonchev–Trinajstić information content (AvgIpc) is 3.05. The van der Waals surface area contributed by atoms with Crippen molar-refractivity contribution in [1.82, 2.24) is 4.98 Å². The van der Waals surface area contributed by atoms with Crippen LogP contribution in [-0.2, 0) is 6.42 Å². The van der Waals surface area contributed by atoms with Crippen molar-refractivity contribution < 1.29 is 9.47 Å². The Balaban J connectivity index is 2.21. The number of hydrogen-bond donors (Lipinski definition) is 2. The van der Waals surface area contributed by atoms with Gasteiger partial charge in [-0.05, 0) is 67.8 Å². The molecule has 0 unspecified atom stereocenters. The molecule has 26 heavy (non-hydrogen) atoms. The van der Waals surface area contributed by atoms with Gasteiger partial charge < -0.3 is 20.2 Å². The Morgan fingerprint density at radius 2 is 1.92 bits per heavy atom. The number of fused-ring (bicyclic) bond motifs is 1. The van der Waals surface area contributed by atoms with E-state index in [-0.39, 0.29) is 0 Å². The van der Waals surface area contributed by atoms with Crippen LogP contribution in [0, 0.1) is 11.3 Å². The van der Waals surface area contributed by atoms with Gasteiger partial charge in [-0.2, -0.15) is 5.26 Å². The molecule has 5 nitrogen and oxygen atoms in total. The second kappa shape index (κ2) is 7.94. The highest BCUT2D eigenvalue weighted by Gasteiger charge is 2.17. The van der Waals surface area contributed by atoms with Crippen molar-refractivity contribution >= 4 is 10.9 Å². The van der Waals surface area contributed by atoms with E-state index in [2.05, 4.69) is 11.1 Å². The zero-order valence-electron chi connectivity index (χ0n) is 15.1. The number of unbranched alkanes of at least 4 members (excludes halogenated alkanes) is 1. The maximum absolute atomic E-state index is 9.26. The molecule has 1 heterocycles. The minimum Gasteiger partial charge on any atom is -0.497 e. The van der Waals surface area contributed by atoms with Crippen LogP contribution in [0.4, 0.5) is 0 Å². The third-order valence-electron chi connectivity index (χ3n) is 4.59. The van der Waals surface area contributed by atoms with E-state index in [1.54, 1.807) is 14.2 Å². The Labute approximate surface area is 153 Å². The van der Waals surface area contributed by atoms with Crippen molar-refractivity contribution in [2.45, 2.75) is 19.3 Å². The number of aromatic nitrogens is 1. The molecule has 0 atom stereocenters. The number of H-pyrrole nitrogens is 1. The van der Waals surface area contributed by atoms with Crippen LogP contribution in [-0.4, -0.2) is 25.7 Å². The molecule has 0 aliphatic rings. The monoisotopic (exact) mass is 349 g/mol. The molecule has 0 radical (unpaired) electrons. The lowest BCUT2D eigenvalue weighted by molar-refractivity contribution is 0.404. The van der Waals surface area contributed by atoms with E-state index < -0.39 is 0 Å². The number of aryl methyl sites for hydroxylation is 1. The highest BCUT2D eigenvalue weighted by Crippen LogP contribution is 2.38. The fraction of sp³-hybridized carbons (Fsp3) is 0.286. The number of benzene rings is 2. The number of rotatable bonds is 7. The normalized spacial score (nSPS) is 10.7. The summed E-state index contributed by atoms with van der Waals surface area (Å²) in [5.41, 5.74) is 10.5. The van der Waals surface area contributed by atoms with Gasteiger partial charge in [0.05, 0.1) is 31.5 Å². The van der Waals surface area contributed by atoms with Crippen molar-refractivity contribution in [3.05, 3.63) is 47.5 Å². The standard InChI is InChI=1S/C21H23N3O2/c1-25-15-7-9-20(26-2)18(12-15)21-16(5-3-4-10-22)17-11-14(13-23)6-8-19(17)24-21/h6-9,11-12,24H,3-5,10,22H2,1-2H3. The minimum absolute atomic E-state index is 0.653. The maximum atomic E-state index is 9.26. The Morgan fingerprint density at radius 3 is 2.62 bits per heavy atom. The molecule has 0 amide bonds. The summed E-state index contributed by atoms with van der Waals surface area (Å²) in [7, 11) is 3.31. The summed E-state index contributed by atoms with van der Waals surface area (Å²) in [4.78, 5) is 3.51. The molecule has 3 rings (SSSR count). The number of nitrogens with one attached hydrogen (secondary N) is 1. The molecule has 2 aromatic carbocycles. The number of nitrogens with zero attached hydrogens (tertiary/aromatic N) is 1. The highest BCUT2D eigenvalue weighted by molar-refractivity contribution is 5.93. The van der Waals surface area contributed by atoms with E-state index in [1.807, 2.05) is 36.4 Å². The van der Waals surface area contributed by atoms with Crippen molar-refractivity contribution in [2.75, 3.05) is 20.8 Å². The predicted octanol–water partition coefficient (Wildman–Crippen LogP) is 4.01. The molecule has 0 aliphatic carbocycles. The van der Waals surface area contributed by atoms with Crippen LogP contribution >= 0.6 is 0 Å². The zero-order chi connectivity index (χ0) is 18.5. The largest absolute Gasteiger partial charge is 0.497 e. The van der Waals surface area contributed by atoms with Gasteiger partial charge in [0.15, 0.2) is 0 Å². The minimum atomic E-state index is 0.653. The molecule has 0 spiro atoms. The lowest BCUT2D eigenvalue weighted by Gasteiger charge is -2.12. The second-order valence-corrected chi connectivity index (χ2v) is 6.16. The van der Waals surface area contributed by atoms with E-state index >= 15 is 0 Å². The van der Waals surface area contributed by atoms with Gasteiger partial charge in [-0.25, -0.2) is 0 Å². The first kappa shape index (κ1) is 17.8. The number of hydrogen-bond acceptors (Lipinski definition) is 4. The van der Waals surface area contributed by atoms with Crippen LogP contribution in [0.2, 0.25) is 0 Å². The number of ether oxygens (including phenoxy) is 2. The van der Waals surface area contributed by atoms with Crippen molar-refractivity contribution in [3.63, 3.8) is 0 Å². The van der Waals surface area contributed by atoms with E-state index in [0.29, 0.717) is 12.1 Å². The molecule has 3 N–H and O–H groups in total. The summed E-state index contributed by atoms with van der Waals surface area (Å²) >= 11 is 0. The van der Waals surface area contributed by atoms with E-state index in [4.69, 9.17) is 15.2 Å². The molecule has 3 aromatic rings. The fourth-order valence-electron chi connectivity index (χ4n) is 3.26. The molecule has 5 heteroatoms. The lowest BCUT2D eigenvalue weighted by Crippen LogP contribution is -1.99. The molecule has 0 aliphatic heterocycles. The Morgan fingerprint density at radius 1 is 1.08 bits per heavy atom. The first-order chi connectivity index (χ1) is 12.7. The topological polar surface area (TPSA) is 84.1 Å². The lowest BCUT2D eigenvalue weighted by atomic mass is 9.99. The molecule has 1 aromatic heterocycles. The zero-order valence-corrected chi connectivity index (χ0v) is 15.1. The van der Waals surface area contributed by atoms with Gasteiger partial charge in [0.1, 0.15) is 11.5 Å². The van der Waals surface area contributed by atoms with E-state index in [1.165, 1.54) is 5.56 Å². The number of aromatic amines is 1. The third-order valence-corrected chi connectivity index (χ3v) is 4.59. The number of nitrogens with two attached hydrogens (primary N) is 1. The van der Waals surface area contributed by atoms with Crippen LogP contribution in [0.1, 0.15) is 24.0 Å². The highest BCUT2D eigenvalue weighted by atomic mass is 16.5. The van der Waals surface area contributed by atoms with Gasteiger partial charge >= 0.3 is 0 Å². The maximum Gasteiger partial charge on any atom is 0.128 e. The summed E-state index contributed by atoms with van der Waals surface area (Å²) in [5, 5.41) is 10.3. The molecule has 0 saturated carbocycles. The van der Waals surface area contributed by atoms with Crippen molar-refractivity contribution in [1.29, 1.82) is 5.26 Å². The fourth-order valence-corrected chi connectivity index (χ4v) is 3.26. The van der Waals surface area contributed by atoms with Crippen molar-refractivity contribution in [2.24, 2.45) is 5.73 Å². The van der Waals surface area contributed by atoms with Gasteiger partial charge in [-0.1, -0.05) is 0 Å². The Hall–Kier alpha value is -2.97. The molecule has 0 fully saturated rings. The van der Waals surface area contributed by atoms with Crippen LogP contribution in [0.25, 0.3) is 22.2 Å². The summed E-state index contributed by atoms with van der Waals surface area (Å²) < 4.78 is 11.0. The van der Waals surface area contributed by atoms with Crippen LogP contribution in [0.15, 0.2) is 36.4 Å². The van der Waals surface area contributed by atoms with E-state index in [0.717, 1.165) is 52.9 Å². The first-order valence-electron chi connectivity index (χ1n) is 8.69. The summed E-state index contributed by atoms with van der Waals surface area (Å²) in [6.07, 6.45) is 2.82. The number of nitriles is 1. The second-order valence-electron chi connectivity index (χ2n) is 6.16. The summed E-state index contributed by atoms with van der Waals surface area (Å²) in [5.74, 6) is 1.54. The summed E-state index contributed by atoms with van der Waals surface area (Å²) in [6.45, 7) is 0.670. The molecule has 0 saturated heterocycles. The van der Waals surface area contributed by atoms with Gasteiger partial charge in [0.25, 0.3) is 0 Å². The third kappa shape index (κ3) is 3.37.